The Bertz CT molecular complexity index is 391. The summed E-state index contributed by atoms with van der Waals surface area (Å²) in [6.07, 6.45) is 0. The second kappa shape index (κ2) is 5.03. The van der Waals surface area contributed by atoms with Crippen LogP contribution in [0.2, 0.25) is 0 Å². The van der Waals surface area contributed by atoms with Gasteiger partial charge in [0, 0.05) is 0 Å². The average molecular weight is 225 g/mol. The third-order valence-electron chi connectivity index (χ3n) is 2.15. The Labute approximate surface area is 94.1 Å². The summed E-state index contributed by atoms with van der Waals surface area (Å²) in [4.78, 5) is 14.9. The van der Waals surface area contributed by atoms with Crippen molar-refractivity contribution in [1.82, 2.24) is 4.98 Å². The molecule has 1 atom stereocenters. The van der Waals surface area contributed by atoms with Gasteiger partial charge in [-0.15, -0.1) is 0 Å². The molecule has 0 fully saturated rings. The van der Waals surface area contributed by atoms with Crippen LogP contribution in [-0.4, -0.2) is 16.9 Å². The minimum absolute atomic E-state index is 0.170. The molecule has 1 heterocycles. The lowest BCUT2D eigenvalue weighted by molar-refractivity contribution is -0.117. The van der Waals surface area contributed by atoms with Gasteiger partial charge in [-0.3, -0.25) is 4.79 Å². The van der Waals surface area contributed by atoms with E-state index in [2.05, 4.69) is 10.3 Å². The molecule has 1 amide bonds. The van der Waals surface area contributed by atoms with Crippen molar-refractivity contribution < 1.29 is 9.18 Å². The van der Waals surface area contributed by atoms with Gasteiger partial charge in [-0.2, -0.15) is 4.39 Å². The van der Waals surface area contributed by atoms with Crippen molar-refractivity contribution in [3.8, 4) is 0 Å². The number of carbonyl (C=O) groups excluding carboxylic acids is 1. The number of amides is 1. The van der Waals surface area contributed by atoms with Crippen LogP contribution in [0, 0.1) is 5.95 Å². The van der Waals surface area contributed by atoms with E-state index in [0.29, 0.717) is 0 Å². The van der Waals surface area contributed by atoms with Crippen molar-refractivity contribution in [3.05, 3.63) is 23.6 Å². The lowest BCUT2D eigenvalue weighted by Gasteiger charge is -2.10. The second-order valence-electron chi connectivity index (χ2n) is 4.04. The fourth-order valence-electron chi connectivity index (χ4n) is 1.15. The monoisotopic (exact) mass is 225 g/mol. The van der Waals surface area contributed by atoms with Gasteiger partial charge >= 0.3 is 0 Å². The first kappa shape index (κ1) is 12.6. The molecule has 1 rings (SSSR count). The molecule has 0 aromatic carbocycles. The minimum Gasteiger partial charge on any atom is -0.320 e. The SMILES string of the molecule is CC(N)C(=O)Nc1cc(C(C)C)cc(F)n1. The summed E-state index contributed by atoms with van der Waals surface area (Å²) in [5.74, 6) is -0.617. The molecule has 0 radical (unpaired) electrons. The maximum Gasteiger partial charge on any atom is 0.242 e. The van der Waals surface area contributed by atoms with E-state index in [1.807, 2.05) is 13.8 Å². The van der Waals surface area contributed by atoms with Crippen molar-refractivity contribution in [2.45, 2.75) is 32.7 Å². The quantitative estimate of drug-likeness (QED) is 0.768. The van der Waals surface area contributed by atoms with Gasteiger partial charge in [-0.05, 0) is 30.5 Å². The molecule has 0 bridgehead atoms. The van der Waals surface area contributed by atoms with Crippen molar-refractivity contribution in [2.75, 3.05) is 5.32 Å². The molecule has 1 aromatic rings. The number of hydrogen-bond donors (Lipinski definition) is 2. The third kappa shape index (κ3) is 3.27. The van der Waals surface area contributed by atoms with Crippen LogP contribution in [0.3, 0.4) is 0 Å². The largest absolute Gasteiger partial charge is 0.320 e. The lowest BCUT2D eigenvalue weighted by Crippen LogP contribution is -2.32. The highest BCUT2D eigenvalue weighted by atomic mass is 19.1. The van der Waals surface area contributed by atoms with E-state index in [9.17, 15) is 9.18 Å². The number of pyridine rings is 1. The first-order valence-electron chi connectivity index (χ1n) is 5.14. The van der Waals surface area contributed by atoms with Gasteiger partial charge < -0.3 is 11.1 Å². The van der Waals surface area contributed by atoms with Gasteiger partial charge in [-0.25, -0.2) is 4.98 Å². The smallest absolute Gasteiger partial charge is 0.242 e. The van der Waals surface area contributed by atoms with Crippen LogP contribution in [0.1, 0.15) is 32.3 Å². The van der Waals surface area contributed by atoms with Crippen molar-refractivity contribution in [3.63, 3.8) is 0 Å². The lowest BCUT2D eigenvalue weighted by atomic mass is 10.1. The van der Waals surface area contributed by atoms with E-state index >= 15 is 0 Å². The van der Waals surface area contributed by atoms with E-state index in [1.165, 1.54) is 6.07 Å². The van der Waals surface area contributed by atoms with Gasteiger partial charge in [0.25, 0.3) is 0 Å². The molecule has 0 saturated carbocycles. The van der Waals surface area contributed by atoms with E-state index in [0.717, 1.165) is 5.56 Å². The topological polar surface area (TPSA) is 68.0 Å². The summed E-state index contributed by atoms with van der Waals surface area (Å²) >= 11 is 0. The summed E-state index contributed by atoms with van der Waals surface area (Å²) in [5.41, 5.74) is 6.17. The maximum atomic E-state index is 13.1. The second-order valence-corrected chi connectivity index (χ2v) is 4.04. The Balaban J connectivity index is 2.92. The van der Waals surface area contributed by atoms with Gasteiger partial charge in [0.1, 0.15) is 5.82 Å². The average Bonchev–Trinajstić information content (AvgIpc) is 2.16. The summed E-state index contributed by atoms with van der Waals surface area (Å²) in [6.45, 7) is 5.43. The Morgan fingerprint density at radius 2 is 2.06 bits per heavy atom. The molecular weight excluding hydrogens is 209 g/mol. The number of nitrogens with two attached hydrogens (primary N) is 1. The van der Waals surface area contributed by atoms with Gasteiger partial charge in [0.05, 0.1) is 6.04 Å². The number of rotatable bonds is 3. The van der Waals surface area contributed by atoms with E-state index in [-0.39, 0.29) is 17.6 Å². The summed E-state index contributed by atoms with van der Waals surface area (Å²) in [7, 11) is 0. The van der Waals surface area contributed by atoms with Crippen LogP contribution in [0.4, 0.5) is 10.2 Å². The van der Waals surface area contributed by atoms with Gasteiger partial charge in [-0.1, -0.05) is 13.8 Å². The Morgan fingerprint density at radius 1 is 1.44 bits per heavy atom. The summed E-state index contributed by atoms with van der Waals surface area (Å²) < 4.78 is 13.1. The molecule has 3 N–H and O–H groups in total. The zero-order valence-electron chi connectivity index (χ0n) is 9.62. The number of nitrogens with one attached hydrogen (secondary N) is 1. The predicted molar refractivity (Wildman–Crippen MR) is 60.6 cm³/mol. The number of hydrogen-bond acceptors (Lipinski definition) is 3. The zero-order chi connectivity index (χ0) is 12.3. The van der Waals surface area contributed by atoms with Crippen LogP contribution in [0.5, 0.6) is 0 Å². The summed E-state index contributed by atoms with van der Waals surface area (Å²) in [6, 6.07) is 2.35. The van der Waals surface area contributed by atoms with Gasteiger partial charge in [0.15, 0.2) is 0 Å². The number of aromatic nitrogens is 1. The Morgan fingerprint density at radius 3 is 2.56 bits per heavy atom. The molecule has 88 valence electrons. The van der Waals surface area contributed by atoms with E-state index < -0.39 is 12.0 Å². The van der Waals surface area contributed by atoms with Gasteiger partial charge in [0.2, 0.25) is 11.9 Å². The first-order valence-corrected chi connectivity index (χ1v) is 5.14. The molecule has 1 aromatic heterocycles. The molecule has 0 aliphatic carbocycles. The molecule has 1 unspecified atom stereocenters. The predicted octanol–water partition coefficient (Wildman–Crippen LogP) is 1.63. The van der Waals surface area contributed by atoms with Crippen LogP contribution in [0.15, 0.2) is 12.1 Å². The molecule has 4 nitrogen and oxygen atoms in total. The Hall–Kier alpha value is -1.49. The molecule has 0 spiro atoms. The standard InChI is InChI=1S/C11H16FN3O/c1-6(2)8-4-9(12)14-10(5-8)15-11(16)7(3)13/h4-7H,13H2,1-3H3,(H,14,15,16). The van der Waals surface area contributed by atoms with Crippen LogP contribution < -0.4 is 11.1 Å². The van der Waals surface area contributed by atoms with Crippen LogP contribution in [0.25, 0.3) is 0 Å². The molecule has 16 heavy (non-hydrogen) atoms. The number of anilines is 1. The molecular formula is C11H16FN3O. The fourth-order valence-corrected chi connectivity index (χ4v) is 1.15. The van der Waals surface area contributed by atoms with E-state index in [4.69, 9.17) is 5.73 Å². The highest BCUT2D eigenvalue weighted by Gasteiger charge is 2.11. The molecule has 0 saturated heterocycles. The highest BCUT2D eigenvalue weighted by Crippen LogP contribution is 2.18. The summed E-state index contributed by atoms with van der Waals surface area (Å²) in [5, 5.41) is 2.46. The number of halogens is 1. The van der Waals surface area contributed by atoms with Crippen LogP contribution >= 0.6 is 0 Å². The van der Waals surface area contributed by atoms with Crippen molar-refractivity contribution in [1.29, 1.82) is 0 Å². The fraction of sp³-hybridized carbons (Fsp3) is 0.455. The van der Waals surface area contributed by atoms with Crippen LogP contribution in [-0.2, 0) is 4.79 Å². The first-order chi connectivity index (χ1) is 7.40. The number of carbonyl (C=O) groups is 1. The Kier molecular flexibility index (Phi) is 3.95. The zero-order valence-corrected chi connectivity index (χ0v) is 9.62. The molecule has 0 aliphatic rings. The molecule has 5 heteroatoms. The van der Waals surface area contributed by atoms with Crippen molar-refractivity contribution >= 4 is 11.7 Å². The highest BCUT2D eigenvalue weighted by molar-refractivity contribution is 5.93. The van der Waals surface area contributed by atoms with Crippen molar-refractivity contribution in [2.24, 2.45) is 5.73 Å². The maximum absolute atomic E-state index is 13.1. The third-order valence-corrected chi connectivity index (χ3v) is 2.15. The van der Waals surface area contributed by atoms with E-state index in [1.54, 1.807) is 13.0 Å². The minimum atomic E-state index is -0.646. The number of nitrogens with zero attached hydrogens (tertiary/aromatic N) is 1. The normalized spacial score (nSPS) is 12.6. The molecule has 0 aliphatic heterocycles.